The number of aromatic nitrogens is 5. The second-order valence-corrected chi connectivity index (χ2v) is 8.87. The average molecular weight is 422 g/mol. The van der Waals surface area contributed by atoms with Crippen molar-refractivity contribution in [3.8, 4) is 21.7 Å². The van der Waals surface area contributed by atoms with Crippen LogP contribution in [0.15, 0.2) is 49.1 Å². The van der Waals surface area contributed by atoms with Gasteiger partial charge in [0.15, 0.2) is 0 Å². The van der Waals surface area contributed by atoms with Gasteiger partial charge in [0.05, 0.1) is 27.3 Å². The van der Waals surface area contributed by atoms with Crippen molar-refractivity contribution >= 4 is 39.5 Å². The maximum atomic E-state index is 10.6. The van der Waals surface area contributed by atoms with Gasteiger partial charge in [-0.25, -0.2) is 14.5 Å². The third kappa shape index (κ3) is 2.55. The topological polar surface area (TPSA) is 79.1 Å². The van der Waals surface area contributed by atoms with E-state index in [9.17, 15) is 5.11 Å². The van der Waals surface area contributed by atoms with Crippen LogP contribution in [-0.4, -0.2) is 29.7 Å². The highest BCUT2D eigenvalue weighted by molar-refractivity contribution is 7.15. The van der Waals surface area contributed by atoms with E-state index in [1.807, 2.05) is 35.1 Å². The minimum atomic E-state index is -0.776. The van der Waals surface area contributed by atoms with E-state index in [1.54, 1.807) is 12.4 Å². The fraction of sp³-hybridized carbons (Fsp3) is 0.190. The van der Waals surface area contributed by atoms with Crippen LogP contribution in [0.1, 0.15) is 24.3 Å². The number of nitrogens with zero attached hydrogens (tertiary/aromatic N) is 4. The summed E-state index contributed by atoms with van der Waals surface area (Å²) in [7, 11) is 0. The summed E-state index contributed by atoms with van der Waals surface area (Å²) in [5.41, 5.74) is 3.81. The first kappa shape index (κ1) is 17.1. The highest BCUT2D eigenvalue weighted by atomic mass is 35.5. The van der Waals surface area contributed by atoms with Crippen LogP contribution in [0.2, 0.25) is 5.02 Å². The Morgan fingerprint density at radius 1 is 1.17 bits per heavy atom. The Bertz CT molecular complexity index is 1380. The van der Waals surface area contributed by atoms with Gasteiger partial charge in [-0.1, -0.05) is 17.7 Å². The molecular weight excluding hydrogens is 406 g/mol. The van der Waals surface area contributed by atoms with Crippen LogP contribution in [0.4, 0.5) is 0 Å². The van der Waals surface area contributed by atoms with Crippen molar-refractivity contribution < 1.29 is 5.11 Å². The third-order valence-corrected chi connectivity index (χ3v) is 7.15. The lowest BCUT2D eigenvalue weighted by molar-refractivity contribution is -0.0389. The molecule has 6 nitrogen and oxygen atoms in total. The van der Waals surface area contributed by atoms with Gasteiger partial charge in [0, 0.05) is 35.1 Å². The van der Waals surface area contributed by atoms with Crippen LogP contribution in [0.25, 0.3) is 38.2 Å². The second-order valence-electron chi connectivity index (χ2n) is 7.43. The number of aromatic amines is 1. The van der Waals surface area contributed by atoms with Crippen molar-refractivity contribution in [1.29, 1.82) is 0 Å². The lowest BCUT2D eigenvalue weighted by Gasteiger charge is -2.34. The van der Waals surface area contributed by atoms with Crippen LogP contribution in [0.5, 0.6) is 0 Å². The predicted octanol–water partition coefficient (Wildman–Crippen LogP) is 5.03. The third-order valence-electron chi connectivity index (χ3n) is 5.66. The molecule has 2 N–H and O–H groups in total. The van der Waals surface area contributed by atoms with Gasteiger partial charge in [-0.3, -0.25) is 0 Å². The first-order chi connectivity index (χ1) is 14.1. The van der Waals surface area contributed by atoms with Gasteiger partial charge in [0.1, 0.15) is 16.3 Å². The van der Waals surface area contributed by atoms with Gasteiger partial charge in [-0.05, 0) is 37.5 Å². The highest BCUT2D eigenvalue weighted by Gasteiger charge is 2.39. The molecule has 0 spiro atoms. The molecule has 8 heteroatoms. The first-order valence-corrected chi connectivity index (χ1v) is 10.6. The molecule has 144 valence electrons. The number of hydrogen-bond acceptors (Lipinski definition) is 5. The van der Waals surface area contributed by atoms with Gasteiger partial charge < -0.3 is 10.1 Å². The Balaban J connectivity index is 1.52. The van der Waals surface area contributed by atoms with Crippen molar-refractivity contribution in [2.75, 3.05) is 0 Å². The molecule has 5 aromatic rings. The standard InChI is InChI=1S/C21H16ClN5OS/c22-14-10-23-19-12(18(14)17-11-24-20(29-17)21(28)5-3-6-21)8-15(26-19)13-9-25-27-7-2-1-4-16(13)27/h1-2,4,7-11,28H,3,5-6H2,(H,23,26). The number of fused-ring (bicyclic) bond motifs is 2. The summed E-state index contributed by atoms with van der Waals surface area (Å²) in [6.07, 6.45) is 9.80. The lowest BCUT2D eigenvalue weighted by Crippen LogP contribution is -2.33. The van der Waals surface area contributed by atoms with Crippen LogP contribution in [0.3, 0.4) is 0 Å². The number of aliphatic hydroxyl groups is 1. The van der Waals surface area contributed by atoms with Crippen molar-refractivity contribution in [3.05, 3.63) is 59.1 Å². The van der Waals surface area contributed by atoms with Gasteiger partial charge >= 0.3 is 0 Å². The van der Waals surface area contributed by atoms with E-state index in [1.165, 1.54) is 11.3 Å². The largest absolute Gasteiger partial charge is 0.383 e. The van der Waals surface area contributed by atoms with Crippen molar-refractivity contribution in [2.24, 2.45) is 0 Å². The van der Waals surface area contributed by atoms with Crippen LogP contribution in [-0.2, 0) is 5.60 Å². The summed E-state index contributed by atoms with van der Waals surface area (Å²) < 4.78 is 1.84. The number of pyridine rings is 2. The Kier molecular flexibility index (Phi) is 3.62. The molecule has 29 heavy (non-hydrogen) atoms. The summed E-state index contributed by atoms with van der Waals surface area (Å²) in [6.45, 7) is 0. The van der Waals surface area contributed by atoms with E-state index in [4.69, 9.17) is 11.6 Å². The summed E-state index contributed by atoms with van der Waals surface area (Å²) >= 11 is 8.07. The van der Waals surface area contributed by atoms with Crippen LogP contribution < -0.4 is 0 Å². The van der Waals surface area contributed by atoms with Crippen molar-refractivity contribution in [3.63, 3.8) is 0 Å². The van der Waals surface area contributed by atoms with E-state index in [0.29, 0.717) is 5.02 Å². The zero-order chi connectivity index (χ0) is 19.6. The predicted molar refractivity (Wildman–Crippen MR) is 114 cm³/mol. The zero-order valence-corrected chi connectivity index (χ0v) is 16.8. The van der Waals surface area contributed by atoms with Crippen LogP contribution in [0, 0.1) is 0 Å². The molecule has 6 rings (SSSR count). The molecule has 0 saturated heterocycles. The number of thiazole rings is 1. The summed E-state index contributed by atoms with van der Waals surface area (Å²) in [6, 6.07) is 8.04. The maximum absolute atomic E-state index is 10.6. The van der Waals surface area contributed by atoms with Crippen LogP contribution >= 0.6 is 22.9 Å². The Morgan fingerprint density at radius 2 is 2.07 bits per heavy atom. The molecule has 0 amide bonds. The fourth-order valence-electron chi connectivity index (χ4n) is 3.92. The molecule has 0 radical (unpaired) electrons. The van der Waals surface area contributed by atoms with Gasteiger partial charge in [-0.2, -0.15) is 5.10 Å². The van der Waals surface area contributed by atoms with E-state index < -0.39 is 5.60 Å². The minimum absolute atomic E-state index is 0.568. The van der Waals surface area contributed by atoms with E-state index >= 15 is 0 Å². The number of halogens is 1. The molecular formula is C21H16ClN5OS. The molecule has 1 aliphatic rings. The Morgan fingerprint density at radius 3 is 2.90 bits per heavy atom. The molecule has 0 aliphatic heterocycles. The average Bonchev–Trinajstić information content (AvgIpc) is 3.43. The number of H-pyrrole nitrogens is 1. The molecule has 5 aromatic heterocycles. The van der Waals surface area contributed by atoms with E-state index in [2.05, 4.69) is 26.1 Å². The monoisotopic (exact) mass is 421 g/mol. The molecule has 0 atom stereocenters. The quantitative estimate of drug-likeness (QED) is 0.428. The smallest absolute Gasteiger partial charge is 0.138 e. The lowest BCUT2D eigenvalue weighted by atomic mass is 9.81. The van der Waals surface area contributed by atoms with Gasteiger partial charge in [-0.15, -0.1) is 11.3 Å². The summed E-state index contributed by atoms with van der Waals surface area (Å²) in [4.78, 5) is 13.3. The minimum Gasteiger partial charge on any atom is -0.383 e. The van der Waals surface area contributed by atoms with Crippen molar-refractivity contribution in [2.45, 2.75) is 24.9 Å². The summed E-state index contributed by atoms with van der Waals surface area (Å²) in [5.74, 6) is 0. The van der Waals surface area contributed by atoms with Crippen molar-refractivity contribution in [1.82, 2.24) is 24.6 Å². The molecule has 0 aromatic carbocycles. The molecule has 5 heterocycles. The molecule has 1 fully saturated rings. The summed E-state index contributed by atoms with van der Waals surface area (Å²) in [5, 5.41) is 17.3. The number of rotatable bonds is 3. The first-order valence-electron chi connectivity index (χ1n) is 9.41. The van der Waals surface area contributed by atoms with Gasteiger partial charge in [0.2, 0.25) is 0 Å². The molecule has 0 unspecified atom stereocenters. The molecule has 0 bridgehead atoms. The van der Waals surface area contributed by atoms with E-state index in [-0.39, 0.29) is 0 Å². The van der Waals surface area contributed by atoms with E-state index in [0.717, 1.165) is 62.5 Å². The second kappa shape index (κ2) is 6.13. The molecule has 1 aliphatic carbocycles. The highest BCUT2D eigenvalue weighted by Crippen LogP contribution is 2.46. The normalized spacial score (nSPS) is 15.8. The zero-order valence-electron chi connectivity index (χ0n) is 15.3. The number of hydrogen-bond donors (Lipinski definition) is 2. The Labute approximate surface area is 174 Å². The maximum Gasteiger partial charge on any atom is 0.138 e. The number of nitrogens with one attached hydrogen (secondary N) is 1. The molecule has 1 saturated carbocycles. The SMILES string of the molecule is OC1(c2ncc(-c3c(Cl)cnc4[nH]c(-c5cnn6ccccc56)cc34)s2)CCC1. The fourth-order valence-corrected chi connectivity index (χ4v) is 5.36. The Hall–Kier alpha value is -2.74. The van der Waals surface area contributed by atoms with Gasteiger partial charge in [0.25, 0.3) is 0 Å².